The van der Waals surface area contributed by atoms with Gasteiger partial charge in [0.15, 0.2) is 10.6 Å². The summed E-state index contributed by atoms with van der Waals surface area (Å²) in [5.74, 6) is -0.779. The summed E-state index contributed by atoms with van der Waals surface area (Å²) in [4.78, 5) is 41.1. The lowest BCUT2D eigenvalue weighted by atomic mass is 9.74. The van der Waals surface area contributed by atoms with Crippen molar-refractivity contribution in [2.24, 2.45) is 11.1 Å². The molecule has 0 radical (unpaired) electrons. The van der Waals surface area contributed by atoms with Crippen LogP contribution in [0.1, 0.15) is 19.7 Å². The number of amides is 2. The van der Waals surface area contributed by atoms with Crippen LogP contribution in [0.25, 0.3) is 0 Å². The van der Waals surface area contributed by atoms with E-state index in [4.69, 9.17) is 33.8 Å². The molecule has 13 heteroatoms. The molecule has 0 spiro atoms. The first-order chi connectivity index (χ1) is 15.5. The fourth-order valence-corrected chi connectivity index (χ4v) is 6.94. The SMILES string of the molecule is Cc1nc(Cl)c(Cl)n1CC1SC2=C(CN(C)CN2C(C)C)C1(C(N)=O)C(=O)N1CC(O)CO1. The van der Waals surface area contributed by atoms with Gasteiger partial charge in [-0.1, -0.05) is 23.2 Å². The van der Waals surface area contributed by atoms with E-state index in [1.807, 2.05) is 11.9 Å². The largest absolute Gasteiger partial charge is 0.389 e. The molecule has 10 nitrogen and oxygen atoms in total. The first-order valence-corrected chi connectivity index (χ1v) is 12.3. The molecular formula is C20H28Cl2N6O4S. The highest BCUT2D eigenvalue weighted by Crippen LogP contribution is 2.55. The molecule has 4 rings (SSSR count). The van der Waals surface area contributed by atoms with E-state index >= 15 is 0 Å². The second-order valence-corrected chi connectivity index (χ2v) is 10.9. The van der Waals surface area contributed by atoms with Crippen molar-refractivity contribution in [3.05, 3.63) is 26.7 Å². The fraction of sp³-hybridized carbons (Fsp3) is 0.650. The summed E-state index contributed by atoms with van der Waals surface area (Å²) >= 11 is 14.0. The molecule has 2 amide bonds. The summed E-state index contributed by atoms with van der Waals surface area (Å²) in [5, 5.41) is 11.7. The number of nitrogens with two attached hydrogens (primary N) is 1. The molecule has 3 atom stereocenters. The van der Waals surface area contributed by atoms with Crippen LogP contribution in [0.4, 0.5) is 0 Å². The Labute approximate surface area is 206 Å². The van der Waals surface area contributed by atoms with Crippen LogP contribution in [0.15, 0.2) is 10.6 Å². The van der Waals surface area contributed by atoms with Crippen molar-refractivity contribution in [3.8, 4) is 0 Å². The third-order valence-corrected chi connectivity index (χ3v) is 8.57. The summed E-state index contributed by atoms with van der Waals surface area (Å²) < 4.78 is 1.69. The molecule has 1 fully saturated rings. The molecule has 0 bridgehead atoms. The van der Waals surface area contributed by atoms with Crippen LogP contribution < -0.4 is 5.73 Å². The number of aromatic nitrogens is 2. The molecule has 0 aliphatic carbocycles. The van der Waals surface area contributed by atoms with Crippen molar-refractivity contribution in [1.29, 1.82) is 0 Å². The zero-order valence-electron chi connectivity index (χ0n) is 18.9. The van der Waals surface area contributed by atoms with Gasteiger partial charge in [-0.3, -0.25) is 19.3 Å². The van der Waals surface area contributed by atoms with Crippen molar-refractivity contribution in [2.45, 2.75) is 44.7 Å². The Bertz CT molecular complexity index is 1020. The van der Waals surface area contributed by atoms with Gasteiger partial charge in [0.1, 0.15) is 17.6 Å². The highest BCUT2D eigenvalue weighted by molar-refractivity contribution is 8.04. The number of aliphatic hydroxyl groups excluding tert-OH is 1. The van der Waals surface area contributed by atoms with Crippen LogP contribution in [0, 0.1) is 12.3 Å². The minimum absolute atomic E-state index is 0.0234. The van der Waals surface area contributed by atoms with Gasteiger partial charge in [0.25, 0.3) is 5.91 Å². The minimum Gasteiger partial charge on any atom is -0.389 e. The van der Waals surface area contributed by atoms with Gasteiger partial charge in [0.05, 0.1) is 29.6 Å². The normalized spacial score (nSPS) is 28.2. The predicted molar refractivity (Wildman–Crippen MR) is 125 cm³/mol. The average molecular weight is 519 g/mol. The maximum absolute atomic E-state index is 14.0. The molecule has 0 aromatic carbocycles. The van der Waals surface area contributed by atoms with Crippen LogP contribution in [0.2, 0.25) is 10.3 Å². The Morgan fingerprint density at radius 2 is 2.09 bits per heavy atom. The van der Waals surface area contributed by atoms with E-state index in [1.54, 1.807) is 11.5 Å². The number of thioether (sulfide) groups is 1. The van der Waals surface area contributed by atoms with E-state index in [0.717, 1.165) is 10.1 Å². The van der Waals surface area contributed by atoms with Crippen molar-refractivity contribution in [3.63, 3.8) is 0 Å². The molecule has 1 aromatic heterocycles. The first kappa shape index (κ1) is 24.6. The van der Waals surface area contributed by atoms with Gasteiger partial charge in [-0.2, -0.15) is 0 Å². The van der Waals surface area contributed by atoms with Gasteiger partial charge in [-0.15, -0.1) is 11.8 Å². The third-order valence-electron chi connectivity index (χ3n) is 6.34. The molecule has 4 heterocycles. The number of nitrogens with zero attached hydrogens (tertiary/aromatic N) is 5. The predicted octanol–water partition coefficient (Wildman–Crippen LogP) is 1.05. The zero-order chi connectivity index (χ0) is 24.2. The smallest absolute Gasteiger partial charge is 0.267 e. The van der Waals surface area contributed by atoms with Crippen molar-refractivity contribution in [2.75, 3.05) is 33.4 Å². The molecule has 3 aliphatic heterocycles. The Kier molecular flexibility index (Phi) is 6.67. The van der Waals surface area contributed by atoms with Gasteiger partial charge < -0.3 is 20.3 Å². The highest BCUT2D eigenvalue weighted by atomic mass is 35.5. The third kappa shape index (κ3) is 3.92. The van der Waals surface area contributed by atoms with E-state index in [0.29, 0.717) is 24.6 Å². The number of carbonyl (C=O) groups excluding carboxylic acids is 2. The molecule has 182 valence electrons. The number of aliphatic hydroxyl groups is 1. The molecular weight excluding hydrogens is 491 g/mol. The van der Waals surface area contributed by atoms with E-state index in [2.05, 4.69) is 23.7 Å². The lowest BCUT2D eigenvalue weighted by Gasteiger charge is -2.41. The minimum atomic E-state index is -1.70. The number of rotatable bonds is 5. The Hall–Kier alpha value is -1.50. The molecule has 0 saturated carbocycles. The summed E-state index contributed by atoms with van der Waals surface area (Å²) in [6.45, 7) is 7.04. The second-order valence-electron chi connectivity index (χ2n) is 8.95. The lowest BCUT2D eigenvalue weighted by molar-refractivity contribution is -0.180. The van der Waals surface area contributed by atoms with Crippen LogP contribution in [-0.4, -0.2) is 92.1 Å². The van der Waals surface area contributed by atoms with Crippen molar-refractivity contribution < 1.29 is 19.5 Å². The quantitative estimate of drug-likeness (QED) is 0.555. The van der Waals surface area contributed by atoms with E-state index in [9.17, 15) is 14.7 Å². The van der Waals surface area contributed by atoms with Crippen molar-refractivity contribution in [1.82, 2.24) is 24.4 Å². The maximum Gasteiger partial charge on any atom is 0.267 e. The van der Waals surface area contributed by atoms with Crippen molar-refractivity contribution >= 4 is 46.8 Å². The van der Waals surface area contributed by atoms with E-state index in [1.165, 1.54) is 11.8 Å². The number of hydroxylamine groups is 2. The number of carbonyl (C=O) groups is 2. The van der Waals surface area contributed by atoms with Crippen LogP contribution >= 0.6 is 35.0 Å². The fourth-order valence-electron chi connectivity index (χ4n) is 4.68. The Morgan fingerprint density at radius 3 is 2.61 bits per heavy atom. The number of halogens is 2. The van der Waals surface area contributed by atoms with E-state index in [-0.39, 0.29) is 36.0 Å². The molecule has 3 unspecified atom stereocenters. The Morgan fingerprint density at radius 1 is 1.39 bits per heavy atom. The van der Waals surface area contributed by atoms with Crippen LogP contribution in [0.5, 0.6) is 0 Å². The monoisotopic (exact) mass is 518 g/mol. The number of aryl methyl sites for hydroxylation is 1. The molecule has 33 heavy (non-hydrogen) atoms. The summed E-state index contributed by atoms with van der Waals surface area (Å²) in [5.41, 5.74) is 5.01. The summed E-state index contributed by atoms with van der Waals surface area (Å²) in [7, 11) is 1.93. The number of imidazole rings is 1. The standard InChI is InChI=1S/C20H28Cl2N6O4S/c1-10(2)27-9-25(4)6-13-17(27)33-14(7-26-11(3)24-15(21)16(26)22)20(13,18(23)30)19(31)28-5-12(29)8-32-28/h10,12,14,29H,5-9H2,1-4H3,(H2,23,30). The second kappa shape index (κ2) is 8.94. The first-order valence-electron chi connectivity index (χ1n) is 10.6. The van der Waals surface area contributed by atoms with Crippen LogP contribution in [-0.2, 0) is 21.0 Å². The lowest BCUT2D eigenvalue weighted by Crippen LogP contribution is -2.58. The Balaban J connectivity index is 1.86. The molecule has 3 N–H and O–H groups in total. The molecule has 1 aromatic rings. The van der Waals surface area contributed by atoms with Crippen LogP contribution in [0.3, 0.4) is 0 Å². The maximum atomic E-state index is 14.0. The zero-order valence-corrected chi connectivity index (χ0v) is 21.2. The molecule has 3 aliphatic rings. The summed E-state index contributed by atoms with van der Waals surface area (Å²) in [6.07, 6.45) is -0.829. The topological polar surface area (TPSA) is 117 Å². The van der Waals surface area contributed by atoms with Gasteiger partial charge in [0.2, 0.25) is 5.91 Å². The molecule has 1 saturated heterocycles. The highest BCUT2D eigenvalue weighted by Gasteiger charge is 2.63. The summed E-state index contributed by atoms with van der Waals surface area (Å²) in [6, 6.07) is 0.127. The number of hydrogen-bond donors (Lipinski definition) is 2. The number of likely N-dealkylation sites (N-methyl/N-ethyl adjacent to an activating group) is 1. The number of β-amino-alcohol motifs (C(OH)–C–C–N with tert-alkyl or cyclic N) is 1. The van der Waals surface area contributed by atoms with Gasteiger partial charge in [0, 0.05) is 24.7 Å². The average Bonchev–Trinajstić information content (AvgIpc) is 3.37. The van der Waals surface area contributed by atoms with Gasteiger partial charge >= 0.3 is 0 Å². The van der Waals surface area contributed by atoms with E-state index < -0.39 is 28.6 Å². The number of primary amides is 1. The van der Waals surface area contributed by atoms with Gasteiger partial charge in [-0.25, -0.2) is 10.0 Å². The van der Waals surface area contributed by atoms with Gasteiger partial charge in [-0.05, 0) is 27.8 Å². The number of hydrogen-bond acceptors (Lipinski definition) is 8.